The van der Waals surface area contributed by atoms with Crippen LogP contribution in [-0.4, -0.2) is 39.8 Å². The summed E-state index contributed by atoms with van der Waals surface area (Å²) >= 11 is 0. The van der Waals surface area contributed by atoms with E-state index < -0.39 is 0 Å². The van der Waals surface area contributed by atoms with E-state index in [9.17, 15) is 9.59 Å². The summed E-state index contributed by atoms with van der Waals surface area (Å²) in [5.74, 6) is -0.243. The molecule has 1 aliphatic rings. The zero-order valence-corrected chi connectivity index (χ0v) is 10.7. The topological polar surface area (TPSA) is 53.5 Å². The molecule has 1 atom stereocenters. The van der Waals surface area contributed by atoms with Gasteiger partial charge < -0.3 is 4.90 Å². The summed E-state index contributed by atoms with van der Waals surface area (Å²) in [6.45, 7) is 5.21. The quantitative estimate of drug-likeness (QED) is 0.813. The average Bonchev–Trinajstić information content (AvgIpc) is 2.40. The summed E-state index contributed by atoms with van der Waals surface area (Å²) in [7, 11) is 0. The lowest BCUT2D eigenvalue weighted by Crippen LogP contribution is -2.55. The predicted octanol–water partition coefficient (Wildman–Crippen LogP) is 1.50. The first kappa shape index (κ1) is 12.5. The summed E-state index contributed by atoms with van der Waals surface area (Å²) in [6, 6.07) is 3.46. The summed E-state index contributed by atoms with van der Waals surface area (Å²) in [5.41, 5.74) is 0.865. The second kappa shape index (κ2) is 5.16. The van der Waals surface area contributed by atoms with Gasteiger partial charge in [0.25, 0.3) is 0 Å². The Bertz CT molecular complexity index is 447. The Balaban J connectivity index is 2.18. The highest BCUT2D eigenvalue weighted by Crippen LogP contribution is 2.18. The third-order valence-electron chi connectivity index (χ3n) is 3.13. The monoisotopic (exact) mass is 247 g/mol. The van der Waals surface area contributed by atoms with Gasteiger partial charge in [-0.2, -0.15) is 0 Å². The number of carbonyl (C=O) groups is 2. The van der Waals surface area contributed by atoms with Gasteiger partial charge in [0.2, 0.25) is 5.91 Å². The summed E-state index contributed by atoms with van der Waals surface area (Å²) in [5, 5.41) is 0. The summed E-state index contributed by atoms with van der Waals surface area (Å²) in [6.07, 6.45) is 3.35. The molecule has 1 unspecified atom stereocenters. The number of hydrogen-bond donors (Lipinski definition) is 0. The van der Waals surface area contributed by atoms with Crippen molar-refractivity contribution < 1.29 is 9.59 Å². The van der Waals surface area contributed by atoms with Crippen LogP contribution in [0.4, 0.5) is 4.79 Å². The van der Waals surface area contributed by atoms with Gasteiger partial charge in [-0.05, 0) is 18.6 Å². The normalized spacial score (nSPS) is 20.4. The van der Waals surface area contributed by atoms with Crippen LogP contribution in [0.2, 0.25) is 0 Å². The second-order valence-corrected chi connectivity index (χ2v) is 4.51. The van der Waals surface area contributed by atoms with E-state index in [-0.39, 0.29) is 17.9 Å². The first-order valence-electron chi connectivity index (χ1n) is 6.12. The van der Waals surface area contributed by atoms with Gasteiger partial charge in [0.15, 0.2) is 0 Å². The van der Waals surface area contributed by atoms with Crippen molar-refractivity contribution in [2.75, 3.05) is 13.1 Å². The largest absolute Gasteiger partial charge is 0.327 e. The summed E-state index contributed by atoms with van der Waals surface area (Å²) in [4.78, 5) is 31.2. The molecule has 0 bridgehead atoms. The zero-order valence-electron chi connectivity index (χ0n) is 10.7. The third-order valence-corrected chi connectivity index (χ3v) is 3.13. The second-order valence-electron chi connectivity index (χ2n) is 4.51. The molecule has 0 radical (unpaired) electrons. The lowest BCUT2D eigenvalue weighted by molar-refractivity contribution is -0.135. The molecule has 0 spiro atoms. The number of hydrogen-bond acceptors (Lipinski definition) is 3. The molecule has 0 N–H and O–H groups in total. The molecule has 1 fully saturated rings. The smallest absolute Gasteiger partial charge is 0.324 e. The van der Waals surface area contributed by atoms with E-state index in [1.54, 1.807) is 23.4 Å². The fourth-order valence-electron chi connectivity index (χ4n) is 2.10. The fourth-order valence-corrected chi connectivity index (χ4v) is 2.10. The highest BCUT2D eigenvalue weighted by molar-refractivity contribution is 5.97. The maximum absolute atomic E-state index is 12.1. The van der Waals surface area contributed by atoms with Crippen molar-refractivity contribution >= 4 is 11.9 Å². The van der Waals surface area contributed by atoms with Crippen LogP contribution >= 0.6 is 0 Å². The minimum atomic E-state index is -0.204. The van der Waals surface area contributed by atoms with Crippen molar-refractivity contribution in [3.8, 4) is 0 Å². The molecule has 1 aliphatic heterocycles. The van der Waals surface area contributed by atoms with Gasteiger partial charge in [-0.3, -0.25) is 14.7 Å². The highest BCUT2D eigenvalue weighted by atomic mass is 16.2. The molecule has 1 saturated heterocycles. The molecule has 2 rings (SSSR count). The molecular formula is C13H17N3O2. The molecule has 0 saturated carbocycles. The van der Waals surface area contributed by atoms with Gasteiger partial charge in [-0.1, -0.05) is 13.0 Å². The van der Waals surface area contributed by atoms with Crippen molar-refractivity contribution in [1.82, 2.24) is 14.8 Å². The lowest BCUT2D eigenvalue weighted by Gasteiger charge is -2.36. The molecule has 0 aliphatic carbocycles. The van der Waals surface area contributed by atoms with E-state index in [1.807, 2.05) is 19.9 Å². The number of urea groups is 1. The van der Waals surface area contributed by atoms with Crippen molar-refractivity contribution in [2.45, 2.75) is 20.4 Å². The molecule has 2 heterocycles. The number of pyridine rings is 1. The first-order chi connectivity index (χ1) is 8.63. The highest BCUT2D eigenvalue weighted by Gasteiger charge is 2.35. The van der Waals surface area contributed by atoms with E-state index >= 15 is 0 Å². The van der Waals surface area contributed by atoms with Crippen LogP contribution in [0.15, 0.2) is 24.5 Å². The summed E-state index contributed by atoms with van der Waals surface area (Å²) < 4.78 is 0. The van der Waals surface area contributed by atoms with Gasteiger partial charge in [0.1, 0.15) is 0 Å². The number of aromatic nitrogens is 1. The lowest BCUT2D eigenvalue weighted by atomic mass is 10.1. The zero-order chi connectivity index (χ0) is 13.1. The van der Waals surface area contributed by atoms with E-state index in [0.717, 1.165) is 5.56 Å². The van der Waals surface area contributed by atoms with E-state index in [4.69, 9.17) is 0 Å². The Labute approximate surface area is 106 Å². The molecule has 5 heteroatoms. The standard InChI is InChI=1S/C13H17N3O2/c1-3-15-8-10(2)12(17)16(13(15)18)9-11-5-4-6-14-7-11/h4-7,10H,3,8-9H2,1-2H3. The van der Waals surface area contributed by atoms with Crippen LogP contribution in [0.25, 0.3) is 0 Å². The Morgan fingerprint density at radius 2 is 2.22 bits per heavy atom. The van der Waals surface area contributed by atoms with Crippen molar-refractivity contribution in [3.05, 3.63) is 30.1 Å². The number of nitrogens with zero attached hydrogens (tertiary/aromatic N) is 3. The molecule has 1 aromatic heterocycles. The predicted molar refractivity (Wildman–Crippen MR) is 66.6 cm³/mol. The van der Waals surface area contributed by atoms with Crippen molar-refractivity contribution in [1.29, 1.82) is 0 Å². The SMILES string of the molecule is CCN1CC(C)C(=O)N(Cc2cccnc2)C1=O. The third kappa shape index (κ3) is 2.34. The van der Waals surface area contributed by atoms with Crippen molar-refractivity contribution in [2.24, 2.45) is 5.92 Å². The maximum atomic E-state index is 12.1. The van der Waals surface area contributed by atoms with Gasteiger partial charge >= 0.3 is 6.03 Å². The minimum absolute atomic E-state index is 0.103. The van der Waals surface area contributed by atoms with Crippen LogP contribution < -0.4 is 0 Å². The van der Waals surface area contributed by atoms with Crippen LogP contribution in [0.1, 0.15) is 19.4 Å². The van der Waals surface area contributed by atoms with E-state index in [2.05, 4.69) is 4.98 Å². The molecule has 96 valence electrons. The fraction of sp³-hybridized carbons (Fsp3) is 0.462. The van der Waals surface area contributed by atoms with Gasteiger partial charge in [-0.15, -0.1) is 0 Å². The Morgan fingerprint density at radius 1 is 1.44 bits per heavy atom. The Kier molecular flexibility index (Phi) is 3.60. The number of rotatable bonds is 3. The molecule has 0 aromatic carbocycles. The van der Waals surface area contributed by atoms with Crippen LogP contribution in [0.5, 0.6) is 0 Å². The van der Waals surface area contributed by atoms with E-state index in [0.29, 0.717) is 19.6 Å². The molecule has 5 nitrogen and oxygen atoms in total. The molecular weight excluding hydrogens is 230 g/mol. The maximum Gasteiger partial charge on any atom is 0.327 e. The van der Waals surface area contributed by atoms with Crippen LogP contribution in [-0.2, 0) is 11.3 Å². The van der Waals surface area contributed by atoms with Gasteiger partial charge in [0, 0.05) is 25.5 Å². The number of amides is 3. The van der Waals surface area contributed by atoms with Gasteiger partial charge in [-0.25, -0.2) is 4.79 Å². The van der Waals surface area contributed by atoms with Crippen LogP contribution in [0, 0.1) is 5.92 Å². The molecule has 1 aromatic rings. The Morgan fingerprint density at radius 3 is 2.83 bits per heavy atom. The minimum Gasteiger partial charge on any atom is -0.324 e. The van der Waals surface area contributed by atoms with Crippen molar-refractivity contribution in [3.63, 3.8) is 0 Å². The molecule has 18 heavy (non-hydrogen) atoms. The first-order valence-corrected chi connectivity index (χ1v) is 6.12. The number of carbonyl (C=O) groups excluding carboxylic acids is 2. The average molecular weight is 247 g/mol. The number of imide groups is 1. The molecule has 3 amide bonds. The Hall–Kier alpha value is -1.91. The van der Waals surface area contributed by atoms with E-state index in [1.165, 1.54) is 4.90 Å². The van der Waals surface area contributed by atoms with Gasteiger partial charge in [0.05, 0.1) is 12.5 Å². The van der Waals surface area contributed by atoms with Crippen LogP contribution in [0.3, 0.4) is 0 Å².